The third-order valence-corrected chi connectivity index (χ3v) is 6.93. The highest BCUT2D eigenvalue weighted by Gasteiger charge is 2.36. The van der Waals surface area contributed by atoms with Gasteiger partial charge in [0.2, 0.25) is 0 Å². The molecule has 0 saturated heterocycles. The molecule has 4 aromatic rings. The van der Waals surface area contributed by atoms with Crippen LogP contribution < -0.4 is 0 Å². The maximum atomic E-state index is 13.9. The first-order valence-corrected chi connectivity index (χ1v) is 11.9. The van der Waals surface area contributed by atoms with Crippen molar-refractivity contribution in [3.8, 4) is 0 Å². The van der Waals surface area contributed by atoms with Crippen LogP contribution in [-0.4, -0.2) is 26.8 Å². The highest BCUT2D eigenvalue weighted by atomic mass is 32.2. The van der Waals surface area contributed by atoms with Crippen molar-refractivity contribution in [3.63, 3.8) is 0 Å². The second-order valence-corrected chi connectivity index (χ2v) is 9.17. The summed E-state index contributed by atoms with van der Waals surface area (Å²) in [7, 11) is 0. The molecule has 1 saturated carbocycles. The lowest BCUT2D eigenvalue weighted by molar-refractivity contribution is 0.0622. The van der Waals surface area contributed by atoms with Crippen molar-refractivity contribution in [3.05, 3.63) is 89.9 Å². The Hall–Kier alpha value is -3.12. The highest BCUT2D eigenvalue weighted by Crippen LogP contribution is 2.38. The van der Waals surface area contributed by atoms with E-state index in [9.17, 15) is 4.79 Å². The summed E-state index contributed by atoms with van der Waals surface area (Å²) in [6, 6.07) is 20.0. The molecule has 1 fully saturated rings. The largest absolute Gasteiger partial charge is 0.451 e. The predicted molar refractivity (Wildman–Crippen MR) is 126 cm³/mol. The van der Waals surface area contributed by atoms with E-state index in [-0.39, 0.29) is 11.9 Å². The minimum atomic E-state index is -0.0472. The third kappa shape index (κ3) is 4.41. The van der Waals surface area contributed by atoms with Crippen LogP contribution in [0.5, 0.6) is 0 Å². The Morgan fingerprint density at radius 2 is 1.78 bits per heavy atom. The number of furan rings is 1. The number of amides is 1. The van der Waals surface area contributed by atoms with E-state index in [0.717, 1.165) is 22.1 Å². The number of fused-ring (bicyclic) bond motifs is 1. The Balaban J connectivity index is 1.50. The van der Waals surface area contributed by atoms with E-state index in [1.54, 1.807) is 18.5 Å². The molecule has 0 radical (unpaired) electrons. The predicted octanol–water partition coefficient (Wildman–Crippen LogP) is 5.96. The first kappa shape index (κ1) is 20.8. The van der Waals surface area contributed by atoms with Gasteiger partial charge in [-0.1, -0.05) is 60.3 Å². The van der Waals surface area contributed by atoms with Crippen LogP contribution in [0.4, 0.5) is 0 Å². The number of nitrogens with zero attached hydrogens (tertiary/aromatic N) is 3. The molecule has 0 N–H and O–H groups in total. The molecule has 1 aliphatic rings. The number of carbonyl (C=O) groups excluding carboxylic acids is 1. The average molecular weight is 444 g/mol. The Morgan fingerprint density at radius 3 is 2.53 bits per heavy atom. The Bertz CT molecular complexity index is 1210. The van der Waals surface area contributed by atoms with Gasteiger partial charge in [-0.2, -0.15) is 0 Å². The van der Waals surface area contributed by atoms with E-state index in [2.05, 4.69) is 29.0 Å². The molecule has 1 unspecified atom stereocenters. The lowest BCUT2D eigenvalue weighted by Gasteiger charge is -2.29. The van der Waals surface area contributed by atoms with Gasteiger partial charge in [0.05, 0.1) is 0 Å². The van der Waals surface area contributed by atoms with E-state index in [0.29, 0.717) is 29.1 Å². The minimum Gasteiger partial charge on any atom is -0.451 e. The minimum absolute atomic E-state index is 0.0472. The molecule has 1 amide bonds. The SMILES string of the molecule is CC(C1CC1)N(Cc1ccccc1)C(=O)c1oc2ccccc2c1CSc1ncccn1. The molecule has 0 bridgehead atoms. The molecule has 162 valence electrons. The van der Waals surface area contributed by atoms with Crippen LogP contribution in [0, 0.1) is 5.92 Å². The van der Waals surface area contributed by atoms with Crippen LogP contribution in [0.2, 0.25) is 0 Å². The fraction of sp³-hybridized carbons (Fsp3) is 0.269. The summed E-state index contributed by atoms with van der Waals surface area (Å²) >= 11 is 1.51. The van der Waals surface area contributed by atoms with E-state index < -0.39 is 0 Å². The first-order chi connectivity index (χ1) is 15.7. The van der Waals surface area contributed by atoms with E-state index >= 15 is 0 Å². The van der Waals surface area contributed by atoms with Gasteiger partial charge in [0.15, 0.2) is 10.9 Å². The summed E-state index contributed by atoms with van der Waals surface area (Å²) in [4.78, 5) is 24.5. The zero-order valence-electron chi connectivity index (χ0n) is 18.0. The molecule has 0 spiro atoms. The topological polar surface area (TPSA) is 59.2 Å². The normalized spacial score (nSPS) is 14.4. The molecule has 6 heteroatoms. The van der Waals surface area contributed by atoms with Gasteiger partial charge in [-0.3, -0.25) is 4.79 Å². The number of thioether (sulfide) groups is 1. The average Bonchev–Trinajstić information content (AvgIpc) is 3.63. The fourth-order valence-corrected chi connectivity index (χ4v) is 4.89. The summed E-state index contributed by atoms with van der Waals surface area (Å²) < 4.78 is 6.17. The summed E-state index contributed by atoms with van der Waals surface area (Å²) in [5, 5.41) is 1.65. The number of hydrogen-bond donors (Lipinski definition) is 0. The molecule has 32 heavy (non-hydrogen) atoms. The van der Waals surface area contributed by atoms with Gasteiger partial charge in [0.25, 0.3) is 5.91 Å². The van der Waals surface area contributed by atoms with Crippen molar-refractivity contribution in [2.24, 2.45) is 5.92 Å². The maximum absolute atomic E-state index is 13.9. The zero-order chi connectivity index (χ0) is 21.9. The molecule has 0 aliphatic heterocycles. The van der Waals surface area contributed by atoms with Gasteiger partial charge in [0, 0.05) is 41.7 Å². The number of benzene rings is 2. The molecule has 5 nitrogen and oxygen atoms in total. The fourth-order valence-electron chi connectivity index (χ4n) is 4.06. The number of rotatable bonds is 8. The summed E-state index contributed by atoms with van der Waals surface area (Å²) in [5.74, 6) is 1.51. The van der Waals surface area contributed by atoms with E-state index in [1.807, 2.05) is 47.4 Å². The van der Waals surface area contributed by atoms with Crippen LogP contribution in [0.15, 0.2) is 82.6 Å². The van der Waals surface area contributed by atoms with Gasteiger partial charge in [-0.05, 0) is 43.4 Å². The number of carbonyl (C=O) groups is 1. The number of hydrogen-bond acceptors (Lipinski definition) is 5. The van der Waals surface area contributed by atoms with Crippen molar-refractivity contribution in [2.45, 2.75) is 43.3 Å². The summed E-state index contributed by atoms with van der Waals surface area (Å²) in [6.07, 6.45) is 5.81. The quantitative estimate of drug-likeness (QED) is 0.249. The van der Waals surface area contributed by atoms with Crippen molar-refractivity contribution in [1.82, 2.24) is 14.9 Å². The molecule has 2 heterocycles. The van der Waals surface area contributed by atoms with Crippen LogP contribution in [0.25, 0.3) is 11.0 Å². The second kappa shape index (κ2) is 9.17. The molecule has 1 aliphatic carbocycles. The third-order valence-electron chi connectivity index (χ3n) is 6.03. The Kier molecular flexibility index (Phi) is 5.95. The van der Waals surface area contributed by atoms with Crippen molar-refractivity contribution < 1.29 is 9.21 Å². The molecule has 2 aromatic heterocycles. The van der Waals surface area contributed by atoms with Gasteiger partial charge in [-0.25, -0.2) is 9.97 Å². The van der Waals surface area contributed by atoms with Crippen LogP contribution in [-0.2, 0) is 12.3 Å². The smallest absolute Gasteiger partial charge is 0.290 e. The second-order valence-electron chi connectivity index (χ2n) is 8.22. The van der Waals surface area contributed by atoms with Gasteiger partial charge >= 0.3 is 0 Å². The lowest BCUT2D eigenvalue weighted by atomic mass is 10.1. The zero-order valence-corrected chi connectivity index (χ0v) is 18.8. The molecule has 5 rings (SSSR count). The van der Waals surface area contributed by atoms with Crippen LogP contribution in [0.3, 0.4) is 0 Å². The van der Waals surface area contributed by atoms with E-state index in [1.165, 1.54) is 24.6 Å². The first-order valence-electron chi connectivity index (χ1n) is 11.0. The monoisotopic (exact) mass is 443 g/mol. The van der Waals surface area contributed by atoms with Crippen molar-refractivity contribution in [1.29, 1.82) is 0 Å². The van der Waals surface area contributed by atoms with Gasteiger partial charge in [0.1, 0.15) is 5.58 Å². The number of para-hydroxylation sites is 1. The molecule has 2 aromatic carbocycles. The van der Waals surface area contributed by atoms with Crippen LogP contribution in [0.1, 0.15) is 41.4 Å². The summed E-state index contributed by atoms with van der Waals surface area (Å²) in [6.45, 7) is 2.73. The van der Waals surface area contributed by atoms with Crippen LogP contribution >= 0.6 is 11.8 Å². The van der Waals surface area contributed by atoms with Crippen molar-refractivity contribution >= 4 is 28.6 Å². The highest BCUT2D eigenvalue weighted by molar-refractivity contribution is 7.98. The van der Waals surface area contributed by atoms with Crippen molar-refractivity contribution in [2.75, 3.05) is 0 Å². The molecule has 1 atom stereocenters. The van der Waals surface area contributed by atoms with Gasteiger partial charge in [-0.15, -0.1) is 0 Å². The van der Waals surface area contributed by atoms with E-state index in [4.69, 9.17) is 4.42 Å². The maximum Gasteiger partial charge on any atom is 0.290 e. The summed E-state index contributed by atoms with van der Waals surface area (Å²) in [5.41, 5.74) is 2.77. The Labute approximate surface area is 191 Å². The molecular weight excluding hydrogens is 418 g/mol. The van der Waals surface area contributed by atoms with Gasteiger partial charge < -0.3 is 9.32 Å². The number of aromatic nitrogens is 2. The standard InChI is InChI=1S/C26H25N3O2S/c1-18(20-12-13-20)29(16-19-8-3-2-4-9-19)25(30)24-22(17-32-26-27-14-7-15-28-26)21-10-5-6-11-23(21)31-24/h2-11,14-15,18,20H,12-13,16-17H2,1H3. The lowest BCUT2D eigenvalue weighted by Crippen LogP contribution is -2.39. The molecular formula is C26H25N3O2S. The Morgan fingerprint density at radius 1 is 1.06 bits per heavy atom.